The van der Waals surface area contributed by atoms with Gasteiger partial charge >= 0.3 is 0 Å². The number of benzene rings is 1. The van der Waals surface area contributed by atoms with Crippen LogP contribution < -0.4 is 0 Å². The first-order chi connectivity index (χ1) is 6.40. The summed E-state index contributed by atoms with van der Waals surface area (Å²) < 4.78 is 1.94. The van der Waals surface area contributed by atoms with E-state index in [1.54, 1.807) is 0 Å². The predicted molar refractivity (Wildman–Crippen MR) is 54.2 cm³/mol. The Labute approximate surface area is 82.6 Å². The average Bonchev–Trinajstić information content (AvgIpc) is 2.71. The molecule has 0 aliphatic carbocycles. The van der Waals surface area contributed by atoms with Crippen molar-refractivity contribution in [2.45, 2.75) is 5.88 Å². The largest absolute Gasteiger partial charge is 0.315 e. The summed E-state index contributed by atoms with van der Waals surface area (Å²) in [5.74, 6) is 0.565. The number of alkyl halides is 1. The molecule has 0 unspecified atom stereocenters. The summed E-state index contributed by atoms with van der Waals surface area (Å²) in [6, 6.07) is 12.0. The first-order valence-corrected chi connectivity index (χ1v) is 4.64. The molecule has 0 spiro atoms. The molecule has 0 aliphatic rings. The molecule has 0 saturated heterocycles. The Bertz CT molecular complexity index is 361. The van der Waals surface area contributed by atoms with E-state index >= 15 is 0 Å². The molecular formula is C11H9ClN. The zero-order valence-corrected chi connectivity index (χ0v) is 7.83. The summed E-state index contributed by atoms with van der Waals surface area (Å²) >= 11 is 5.69. The highest BCUT2D eigenvalue weighted by Gasteiger charge is 1.94. The van der Waals surface area contributed by atoms with Crippen LogP contribution in [0.1, 0.15) is 5.56 Å². The van der Waals surface area contributed by atoms with Gasteiger partial charge in [-0.2, -0.15) is 0 Å². The second kappa shape index (κ2) is 3.67. The van der Waals surface area contributed by atoms with Crippen LogP contribution in [0.3, 0.4) is 0 Å². The van der Waals surface area contributed by atoms with E-state index in [9.17, 15) is 0 Å². The quantitative estimate of drug-likeness (QED) is 0.642. The fourth-order valence-electron chi connectivity index (χ4n) is 1.20. The first-order valence-electron chi connectivity index (χ1n) is 4.10. The van der Waals surface area contributed by atoms with E-state index in [1.165, 1.54) is 0 Å². The molecule has 0 saturated carbocycles. The van der Waals surface area contributed by atoms with Crippen LogP contribution in [0.25, 0.3) is 5.69 Å². The molecule has 0 atom stereocenters. The monoisotopic (exact) mass is 190 g/mol. The highest BCUT2D eigenvalue weighted by molar-refractivity contribution is 6.17. The van der Waals surface area contributed by atoms with Gasteiger partial charge in [0.15, 0.2) is 0 Å². The van der Waals surface area contributed by atoms with Gasteiger partial charge < -0.3 is 4.57 Å². The first kappa shape index (κ1) is 8.39. The van der Waals surface area contributed by atoms with Crippen molar-refractivity contribution in [2.75, 3.05) is 0 Å². The van der Waals surface area contributed by atoms with Gasteiger partial charge in [0.25, 0.3) is 0 Å². The van der Waals surface area contributed by atoms with Gasteiger partial charge in [-0.15, -0.1) is 11.6 Å². The Morgan fingerprint density at radius 3 is 2.54 bits per heavy atom. The normalized spacial score (nSPS) is 10.2. The van der Waals surface area contributed by atoms with E-state index in [2.05, 4.69) is 6.20 Å². The minimum absolute atomic E-state index is 0.565. The van der Waals surface area contributed by atoms with Gasteiger partial charge in [0.2, 0.25) is 0 Å². The molecule has 13 heavy (non-hydrogen) atoms. The van der Waals surface area contributed by atoms with E-state index in [0.717, 1.165) is 11.3 Å². The number of halogens is 1. The van der Waals surface area contributed by atoms with Crippen molar-refractivity contribution in [3.8, 4) is 5.69 Å². The third-order valence-electron chi connectivity index (χ3n) is 1.91. The summed E-state index contributed by atoms with van der Waals surface area (Å²) in [5, 5.41) is 0. The van der Waals surface area contributed by atoms with Crippen molar-refractivity contribution in [3.63, 3.8) is 0 Å². The van der Waals surface area contributed by atoms with Crippen molar-refractivity contribution >= 4 is 11.6 Å². The molecule has 2 rings (SSSR count). The van der Waals surface area contributed by atoms with Gasteiger partial charge in [0.1, 0.15) is 0 Å². The summed E-state index contributed by atoms with van der Waals surface area (Å²) in [7, 11) is 0. The molecule has 0 N–H and O–H groups in total. The van der Waals surface area contributed by atoms with Crippen LogP contribution >= 0.6 is 11.6 Å². The van der Waals surface area contributed by atoms with Crippen LogP contribution in [0.4, 0.5) is 0 Å². The van der Waals surface area contributed by atoms with E-state index in [1.807, 2.05) is 47.2 Å². The number of hydrogen-bond donors (Lipinski definition) is 0. The second-order valence-electron chi connectivity index (χ2n) is 2.81. The van der Waals surface area contributed by atoms with Gasteiger partial charge in [-0.05, 0) is 29.8 Å². The van der Waals surface area contributed by atoms with Crippen LogP contribution in [0.15, 0.2) is 42.6 Å². The second-order valence-corrected chi connectivity index (χ2v) is 3.07. The van der Waals surface area contributed by atoms with Gasteiger partial charge in [-0.1, -0.05) is 12.1 Å². The van der Waals surface area contributed by atoms with Gasteiger partial charge in [-0.25, -0.2) is 0 Å². The lowest BCUT2D eigenvalue weighted by atomic mass is 10.2. The fraction of sp³-hybridized carbons (Fsp3) is 0.0909. The maximum Gasteiger partial charge on any atom is 0.0697 e. The standard InChI is InChI=1S/C11H9ClN/c12-9-10-3-5-11(6-4-10)13-7-1-2-8-13/h1-7H,9H2. The highest BCUT2D eigenvalue weighted by atomic mass is 35.5. The van der Waals surface area contributed by atoms with Crippen LogP contribution in [0.5, 0.6) is 0 Å². The Balaban J connectivity index is 2.33. The highest BCUT2D eigenvalue weighted by Crippen LogP contribution is 2.10. The molecular weight excluding hydrogens is 182 g/mol. The lowest BCUT2D eigenvalue weighted by Crippen LogP contribution is -1.89. The fourth-order valence-corrected chi connectivity index (χ4v) is 1.38. The molecule has 1 nitrogen and oxygen atoms in total. The molecule has 1 heterocycles. The van der Waals surface area contributed by atoms with Crippen LogP contribution in [0, 0.1) is 6.20 Å². The SMILES string of the molecule is ClCc1ccc(-n2[c]ccc2)cc1. The maximum absolute atomic E-state index is 5.69. The Kier molecular flexibility index (Phi) is 2.37. The third kappa shape index (κ3) is 1.76. The number of rotatable bonds is 2. The van der Waals surface area contributed by atoms with E-state index in [-0.39, 0.29) is 0 Å². The summed E-state index contributed by atoms with van der Waals surface area (Å²) in [6.07, 6.45) is 5.04. The molecule has 0 fully saturated rings. The average molecular weight is 191 g/mol. The van der Waals surface area contributed by atoms with Crippen LogP contribution in [-0.2, 0) is 5.88 Å². The number of aromatic nitrogens is 1. The minimum atomic E-state index is 0.565. The lowest BCUT2D eigenvalue weighted by Gasteiger charge is -2.02. The van der Waals surface area contributed by atoms with Crippen molar-refractivity contribution in [1.82, 2.24) is 4.57 Å². The van der Waals surface area contributed by atoms with E-state index in [4.69, 9.17) is 11.6 Å². The molecule has 1 aromatic carbocycles. The molecule has 2 heteroatoms. The third-order valence-corrected chi connectivity index (χ3v) is 2.22. The van der Waals surface area contributed by atoms with Gasteiger partial charge in [0.05, 0.1) is 6.20 Å². The Hall–Kier alpha value is -1.21. The molecule has 0 aliphatic heterocycles. The van der Waals surface area contributed by atoms with E-state index in [0.29, 0.717) is 5.88 Å². The Morgan fingerprint density at radius 2 is 2.00 bits per heavy atom. The molecule has 1 radical (unpaired) electrons. The number of nitrogens with zero attached hydrogens (tertiary/aromatic N) is 1. The molecule has 0 amide bonds. The molecule has 2 aromatic rings. The van der Waals surface area contributed by atoms with Gasteiger partial charge in [0, 0.05) is 17.8 Å². The predicted octanol–water partition coefficient (Wildman–Crippen LogP) is 3.02. The molecule has 0 bridgehead atoms. The number of hydrogen-bond acceptors (Lipinski definition) is 0. The zero-order chi connectivity index (χ0) is 9.10. The lowest BCUT2D eigenvalue weighted by molar-refractivity contribution is 1.07. The van der Waals surface area contributed by atoms with Crippen molar-refractivity contribution in [1.29, 1.82) is 0 Å². The topological polar surface area (TPSA) is 4.93 Å². The maximum atomic E-state index is 5.69. The summed E-state index contributed by atoms with van der Waals surface area (Å²) in [6.45, 7) is 0. The van der Waals surface area contributed by atoms with Crippen molar-refractivity contribution in [3.05, 3.63) is 54.4 Å². The molecule has 65 valence electrons. The van der Waals surface area contributed by atoms with Crippen LogP contribution in [-0.4, -0.2) is 4.57 Å². The summed E-state index contributed by atoms with van der Waals surface area (Å²) in [5.41, 5.74) is 2.25. The van der Waals surface area contributed by atoms with Crippen molar-refractivity contribution in [2.24, 2.45) is 0 Å². The van der Waals surface area contributed by atoms with Crippen LogP contribution in [0.2, 0.25) is 0 Å². The zero-order valence-electron chi connectivity index (χ0n) is 7.07. The Morgan fingerprint density at radius 1 is 1.23 bits per heavy atom. The molecule has 1 aromatic heterocycles. The minimum Gasteiger partial charge on any atom is -0.315 e. The van der Waals surface area contributed by atoms with Crippen molar-refractivity contribution < 1.29 is 0 Å². The smallest absolute Gasteiger partial charge is 0.0697 e. The van der Waals surface area contributed by atoms with Gasteiger partial charge in [-0.3, -0.25) is 0 Å². The summed E-state index contributed by atoms with van der Waals surface area (Å²) in [4.78, 5) is 0. The van der Waals surface area contributed by atoms with E-state index < -0.39 is 0 Å².